The SMILES string of the molecule is CCCC1=S=C(N2CCCC2)SC1=S. The summed E-state index contributed by atoms with van der Waals surface area (Å²) >= 11 is 7.19. The highest BCUT2D eigenvalue weighted by atomic mass is 32.2. The van der Waals surface area contributed by atoms with E-state index in [1.54, 1.807) is 0 Å². The van der Waals surface area contributed by atoms with E-state index in [4.69, 9.17) is 12.2 Å². The molecule has 0 spiro atoms. The van der Waals surface area contributed by atoms with Gasteiger partial charge in [-0.1, -0.05) is 37.3 Å². The number of hydrogen-bond acceptors (Lipinski definition) is 3. The average Bonchev–Trinajstić information content (AvgIpc) is 2.76. The monoisotopic (exact) mass is 245 g/mol. The van der Waals surface area contributed by atoms with Crippen LogP contribution in [0.2, 0.25) is 0 Å². The van der Waals surface area contributed by atoms with Crippen LogP contribution in [0, 0.1) is 0 Å². The van der Waals surface area contributed by atoms with Crippen LogP contribution >= 0.6 is 34.9 Å². The largest absolute Gasteiger partial charge is 0.261 e. The second-order valence-corrected chi connectivity index (χ2v) is 6.63. The Kier molecular flexibility index (Phi) is 3.82. The average molecular weight is 245 g/mol. The maximum absolute atomic E-state index is 5.38. The summed E-state index contributed by atoms with van der Waals surface area (Å²) in [7, 11) is 1.92. The smallest absolute Gasteiger partial charge is 0.111 e. The van der Waals surface area contributed by atoms with Crippen molar-refractivity contribution < 1.29 is 0 Å². The lowest BCUT2D eigenvalue weighted by Gasteiger charge is -2.12. The van der Waals surface area contributed by atoms with Gasteiger partial charge in [0.1, 0.15) is 4.32 Å². The van der Waals surface area contributed by atoms with Crippen LogP contribution in [0.4, 0.5) is 0 Å². The second kappa shape index (κ2) is 4.92. The van der Waals surface area contributed by atoms with Crippen molar-refractivity contribution >= 4 is 48.3 Å². The summed E-state index contributed by atoms with van der Waals surface area (Å²) in [5, 5.41) is 0. The Hall–Kier alpha value is 0.360. The number of thioether (sulfide) groups is 1. The summed E-state index contributed by atoms with van der Waals surface area (Å²) < 4.78 is 2.56. The van der Waals surface area contributed by atoms with Crippen LogP contribution in [-0.4, -0.2) is 31.4 Å². The molecule has 14 heavy (non-hydrogen) atoms. The first kappa shape index (κ1) is 10.9. The Morgan fingerprint density at radius 3 is 2.71 bits per heavy atom. The van der Waals surface area contributed by atoms with Gasteiger partial charge in [-0.15, -0.1) is 10.9 Å². The first-order valence-corrected chi connectivity index (χ1v) is 7.23. The zero-order chi connectivity index (χ0) is 9.97. The molecule has 1 nitrogen and oxygen atoms in total. The van der Waals surface area contributed by atoms with Crippen LogP contribution in [0.25, 0.3) is 0 Å². The molecule has 2 heterocycles. The molecule has 4 heteroatoms. The third kappa shape index (κ3) is 2.30. The summed E-state index contributed by atoms with van der Waals surface area (Å²) in [4.78, 5) is 3.92. The van der Waals surface area contributed by atoms with Gasteiger partial charge < -0.3 is 0 Å². The minimum atomic E-state index is 1.12. The van der Waals surface area contributed by atoms with E-state index in [0.717, 1.165) is 10.6 Å². The number of rotatable bonds is 2. The van der Waals surface area contributed by atoms with Gasteiger partial charge in [-0.25, -0.2) is 0 Å². The van der Waals surface area contributed by atoms with Crippen LogP contribution in [0.1, 0.15) is 32.6 Å². The molecule has 2 rings (SSSR count). The molecule has 0 bridgehead atoms. The standard InChI is InChI=1S/C10H15NS3/c1-2-5-8-9(12)14-10(13-8)11-6-3-4-7-11/h2-7H2,1H3. The summed E-state index contributed by atoms with van der Waals surface area (Å²) in [5.41, 5.74) is 0. The van der Waals surface area contributed by atoms with Gasteiger partial charge in [0.25, 0.3) is 0 Å². The fourth-order valence-corrected chi connectivity index (χ4v) is 4.90. The van der Waals surface area contributed by atoms with E-state index in [1.165, 1.54) is 41.5 Å². The van der Waals surface area contributed by atoms with Gasteiger partial charge in [-0.2, -0.15) is 0 Å². The van der Waals surface area contributed by atoms with Crippen LogP contribution in [0.5, 0.6) is 0 Å². The first-order chi connectivity index (χ1) is 6.81. The quantitative estimate of drug-likeness (QED) is 0.689. The van der Waals surface area contributed by atoms with Gasteiger partial charge in [0.05, 0.1) is 4.20 Å². The number of hydrogen-bond donors (Lipinski definition) is 0. The zero-order valence-corrected chi connectivity index (χ0v) is 10.9. The molecular weight excluding hydrogens is 230 g/mol. The summed E-state index contributed by atoms with van der Waals surface area (Å²) in [5.74, 6) is 0. The molecule has 0 N–H and O–H groups in total. The van der Waals surface area contributed by atoms with Gasteiger partial charge >= 0.3 is 0 Å². The minimum absolute atomic E-state index is 1.12. The van der Waals surface area contributed by atoms with Crippen LogP contribution < -0.4 is 0 Å². The molecule has 0 aliphatic carbocycles. The van der Waals surface area contributed by atoms with E-state index in [9.17, 15) is 0 Å². The molecule has 1 fully saturated rings. The Morgan fingerprint density at radius 2 is 2.07 bits per heavy atom. The van der Waals surface area contributed by atoms with Crippen molar-refractivity contribution in [3.05, 3.63) is 0 Å². The Labute approximate surface area is 98.8 Å². The van der Waals surface area contributed by atoms with E-state index in [2.05, 4.69) is 11.8 Å². The van der Waals surface area contributed by atoms with Crippen molar-refractivity contribution in [3.63, 3.8) is 0 Å². The Bertz CT molecular complexity index is 309. The summed E-state index contributed by atoms with van der Waals surface area (Å²) in [6.07, 6.45) is 5.06. The summed E-state index contributed by atoms with van der Waals surface area (Å²) in [6, 6.07) is 0. The van der Waals surface area contributed by atoms with Crippen molar-refractivity contribution in [1.82, 2.24) is 4.90 Å². The molecule has 2 aliphatic rings. The molecule has 0 aromatic heterocycles. The highest BCUT2D eigenvalue weighted by Gasteiger charge is 2.23. The van der Waals surface area contributed by atoms with Gasteiger partial charge in [0.2, 0.25) is 0 Å². The second-order valence-electron chi connectivity index (χ2n) is 3.62. The predicted molar refractivity (Wildman–Crippen MR) is 73.5 cm³/mol. The fraction of sp³-hybridized carbons (Fsp3) is 0.700. The van der Waals surface area contributed by atoms with Gasteiger partial charge in [-0.05, 0) is 19.3 Å². The highest BCUT2D eigenvalue weighted by Crippen LogP contribution is 2.25. The molecule has 78 valence electrons. The van der Waals surface area contributed by atoms with Crippen LogP contribution in [-0.2, 0) is 0 Å². The Balaban J connectivity index is 2.12. The molecule has 0 unspecified atom stereocenters. The normalized spacial score (nSPS) is 23.4. The van der Waals surface area contributed by atoms with E-state index in [1.807, 2.05) is 22.7 Å². The van der Waals surface area contributed by atoms with Gasteiger partial charge in [-0.3, -0.25) is 4.90 Å². The molecule has 0 amide bonds. The van der Waals surface area contributed by atoms with Crippen molar-refractivity contribution in [2.45, 2.75) is 32.6 Å². The molecule has 1 saturated heterocycles. The highest BCUT2D eigenvalue weighted by molar-refractivity contribution is 8.46. The third-order valence-corrected chi connectivity index (χ3v) is 5.67. The lowest BCUT2D eigenvalue weighted by atomic mass is 10.3. The minimum Gasteiger partial charge on any atom is -0.261 e. The lowest BCUT2D eigenvalue weighted by molar-refractivity contribution is 0.539. The van der Waals surface area contributed by atoms with Crippen molar-refractivity contribution in [2.75, 3.05) is 13.1 Å². The van der Waals surface area contributed by atoms with E-state index in [-0.39, 0.29) is 0 Å². The molecule has 0 aromatic rings. The molecule has 0 atom stereocenters. The number of likely N-dealkylation sites (tertiary alicyclic amines) is 1. The molecule has 0 radical (unpaired) electrons. The van der Waals surface area contributed by atoms with E-state index < -0.39 is 0 Å². The number of nitrogens with zero attached hydrogens (tertiary/aromatic N) is 1. The third-order valence-electron chi connectivity index (χ3n) is 2.46. The van der Waals surface area contributed by atoms with Crippen LogP contribution in [0.3, 0.4) is 0 Å². The maximum Gasteiger partial charge on any atom is 0.111 e. The summed E-state index contributed by atoms with van der Waals surface area (Å²) in [6.45, 7) is 4.68. The molecule has 0 saturated carbocycles. The fourth-order valence-electron chi connectivity index (χ4n) is 1.71. The molecule has 2 aliphatic heterocycles. The molecular formula is C10H15NS3. The topological polar surface area (TPSA) is 3.24 Å². The zero-order valence-electron chi connectivity index (χ0n) is 8.41. The van der Waals surface area contributed by atoms with Crippen molar-refractivity contribution in [2.24, 2.45) is 0 Å². The van der Waals surface area contributed by atoms with Crippen LogP contribution in [0.15, 0.2) is 0 Å². The Morgan fingerprint density at radius 1 is 1.36 bits per heavy atom. The lowest BCUT2D eigenvalue weighted by Crippen LogP contribution is -2.23. The maximum atomic E-state index is 5.38. The number of thiocarbonyl (C=S) groups is 1. The van der Waals surface area contributed by atoms with E-state index >= 15 is 0 Å². The van der Waals surface area contributed by atoms with Crippen molar-refractivity contribution in [1.29, 1.82) is 0 Å². The molecule has 0 aromatic carbocycles. The predicted octanol–water partition coefficient (Wildman–Crippen LogP) is 2.95. The van der Waals surface area contributed by atoms with Gasteiger partial charge in [0, 0.05) is 18.0 Å². The van der Waals surface area contributed by atoms with E-state index in [0.29, 0.717) is 0 Å². The first-order valence-electron chi connectivity index (χ1n) is 5.19. The van der Waals surface area contributed by atoms with Crippen molar-refractivity contribution in [3.8, 4) is 0 Å². The van der Waals surface area contributed by atoms with Gasteiger partial charge in [0.15, 0.2) is 0 Å².